The fourth-order valence-electron chi connectivity index (χ4n) is 3.62. The zero-order chi connectivity index (χ0) is 18.1. The second-order valence-corrected chi connectivity index (χ2v) is 6.89. The van der Waals surface area contributed by atoms with E-state index in [-0.39, 0.29) is 11.7 Å². The van der Waals surface area contributed by atoms with E-state index in [1.54, 1.807) is 12.4 Å². The molecule has 26 heavy (non-hydrogen) atoms. The van der Waals surface area contributed by atoms with E-state index in [1.807, 2.05) is 26.0 Å². The summed E-state index contributed by atoms with van der Waals surface area (Å²) in [7, 11) is 0. The minimum absolute atomic E-state index is 0.161. The van der Waals surface area contributed by atoms with Crippen molar-refractivity contribution < 1.29 is 9.32 Å². The van der Waals surface area contributed by atoms with Crippen molar-refractivity contribution in [2.24, 2.45) is 0 Å². The first kappa shape index (κ1) is 16.6. The van der Waals surface area contributed by atoms with Crippen molar-refractivity contribution in [1.82, 2.24) is 15.1 Å². The molecule has 0 bridgehead atoms. The Morgan fingerprint density at radius 3 is 2.92 bits per heavy atom. The molecule has 1 aliphatic rings. The highest BCUT2D eigenvalue weighted by atomic mass is 16.5. The number of nitrogens with zero attached hydrogens (tertiary/aromatic N) is 3. The number of aryl methyl sites for hydroxylation is 3. The lowest BCUT2D eigenvalue weighted by Crippen LogP contribution is -2.06. The molecule has 0 spiro atoms. The lowest BCUT2D eigenvalue weighted by molar-refractivity contribution is 0.0973. The van der Waals surface area contributed by atoms with E-state index in [0.717, 1.165) is 30.4 Å². The molecule has 4 rings (SSSR count). The number of fused-ring (bicyclic) bond motifs is 1. The van der Waals surface area contributed by atoms with E-state index >= 15 is 0 Å². The highest BCUT2D eigenvalue weighted by molar-refractivity contribution is 5.96. The molecule has 1 aromatic carbocycles. The van der Waals surface area contributed by atoms with Crippen molar-refractivity contribution in [2.45, 2.75) is 45.4 Å². The normalized spacial score (nSPS) is 15.8. The molecule has 0 saturated carbocycles. The van der Waals surface area contributed by atoms with Gasteiger partial charge in [0.15, 0.2) is 5.78 Å². The van der Waals surface area contributed by atoms with Gasteiger partial charge in [-0.1, -0.05) is 24.2 Å². The summed E-state index contributed by atoms with van der Waals surface area (Å²) in [6.45, 7) is 3.95. The quantitative estimate of drug-likeness (QED) is 0.644. The highest BCUT2D eigenvalue weighted by Crippen LogP contribution is 2.38. The molecular formula is C21H21N3O2. The van der Waals surface area contributed by atoms with Crippen LogP contribution < -0.4 is 0 Å². The first-order valence-electron chi connectivity index (χ1n) is 9.04. The summed E-state index contributed by atoms with van der Waals surface area (Å²) in [6, 6.07) is 8.19. The van der Waals surface area contributed by atoms with Gasteiger partial charge in [0.05, 0.1) is 0 Å². The summed E-state index contributed by atoms with van der Waals surface area (Å²) in [5.74, 6) is 1.71. The molecule has 5 heteroatoms. The molecular weight excluding hydrogens is 326 g/mol. The summed E-state index contributed by atoms with van der Waals surface area (Å²) in [4.78, 5) is 21.2. The van der Waals surface area contributed by atoms with Crippen LogP contribution in [0.25, 0.3) is 11.4 Å². The van der Waals surface area contributed by atoms with Crippen LogP contribution in [0.1, 0.15) is 58.6 Å². The lowest BCUT2D eigenvalue weighted by Gasteiger charge is -2.11. The standard InChI is InChI=1S/C21H21N3O2/c1-3-20-23-21(24-26-20)16-6-7-18-14(9-16)4-5-15(18)10-19(25)17-8-13(2)11-22-12-17/h6-9,11-12,15H,3-5,10H2,1-2H3/t15-/m0/s1. The zero-order valence-corrected chi connectivity index (χ0v) is 15.0. The van der Waals surface area contributed by atoms with Gasteiger partial charge in [-0.05, 0) is 54.5 Å². The SMILES string of the molecule is CCc1nc(-c2ccc3c(c2)CC[C@H]3CC(=O)c2cncc(C)c2)no1. The van der Waals surface area contributed by atoms with E-state index in [1.165, 1.54) is 11.1 Å². The minimum Gasteiger partial charge on any atom is -0.339 e. The minimum atomic E-state index is 0.161. The fourth-order valence-corrected chi connectivity index (χ4v) is 3.62. The van der Waals surface area contributed by atoms with Crippen molar-refractivity contribution in [2.75, 3.05) is 0 Å². The third-order valence-electron chi connectivity index (χ3n) is 5.00. The van der Waals surface area contributed by atoms with Crippen LogP contribution in [0.5, 0.6) is 0 Å². The maximum atomic E-state index is 12.6. The van der Waals surface area contributed by atoms with Gasteiger partial charge >= 0.3 is 0 Å². The average Bonchev–Trinajstić information content (AvgIpc) is 3.28. The largest absolute Gasteiger partial charge is 0.339 e. The smallest absolute Gasteiger partial charge is 0.226 e. The van der Waals surface area contributed by atoms with Crippen LogP contribution in [0.3, 0.4) is 0 Å². The molecule has 0 aliphatic heterocycles. The molecule has 0 radical (unpaired) electrons. The van der Waals surface area contributed by atoms with Gasteiger partial charge in [-0.15, -0.1) is 0 Å². The molecule has 2 aromatic heterocycles. The Bertz CT molecular complexity index is 961. The zero-order valence-electron chi connectivity index (χ0n) is 15.0. The topological polar surface area (TPSA) is 68.9 Å². The molecule has 0 saturated heterocycles. The van der Waals surface area contributed by atoms with Gasteiger partial charge < -0.3 is 4.52 Å². The highest BCUT2D eigenvalue weighted by Gasteiger charge is 2.26. The van der Waals surface area contributed by atoms with Crippen LogP contribution in [-0.4, -0.2) is 20.9 Å². The van der Waals surface area contributed by atoms with Gasteiger partial charge in [-0.25, -0.2) is 0 Å². The van der Waals surface area contributed by atoms with Crippen LogP contribution in [0.15, 0.2) is 41.2 Å². The van der Waals surface area contributed by atoms with Gasteiger partial charge in [-0.3, -0.25) is 9.78 Å². The molecule has 132 valence electrons. The Morgan fingerprint density at radius 1 is 1.27 bits per heavy atom. The molecule has 0 N–H and O–H groups in total. The molecule has 1 atom stereocenters. The van der Waals surface area contributed by atoms with Crippen LogP contribution in [0, 0.1) is 6.92 Å². The first-order valence-corrected chi connectivity index (χ1v) is 9.04. The second kappa shape index (κ2) is 6.83. The van der Waals surface area contributed by atoms with E-state index < -0.39 is 0 Å². The Balaban J connectivity index is 1.53. The van der Waals surface area contributed by atoms with E-state index in [0.29, 0.717) is 23.7 Å². The summed E-state index contributed by atoms with van der Waals surface area (Å²) in [6.07, 6.45) is 6.67. The number of carbonyl (C=O) groups is 1. The summed E-state index contributed by atoms with van der Waals surface area (Å²) < 4.78 is 5.21. The maximum Gasteiger partial charge on any atom is 0.226 e. The van der Waals surface area contributed by atoms with Crippen LogP contribution >= 0.6 is 0 Å². The van der Waals surface area contributed by atoms with Gasteiger partial charge in [0.2, 0.25) is 11.7 Å². The maximum absolute atomic E-state index is 12.6. The number of pyridine rings is 1. The van der Waals surface area contributed by atoms with E-state index in [4.69, 9.17) is 4.52 Å². The molecule has 1 aliphatic carbocycles. The van der Waals surface area contributed by atoms with Crippen molar-refractivity contribution in [3.8, 4) is 11.4 Å². The number of hydrogen-bond acceptors (Lipinski definition) is 5. The van der Waals surface area contributed by atoms with Crippen molar-refractivity contribution >= 4 is 5.78 Å². The summed E-state index contributed by atoms with van der Waals surface area (Å²) >= 11 is 0. The molecule has 0 unspecified atom stereocenters. The fraction of sp³-hybridized carbons (Fsp3) is 0.333. The van der Waals surface area contributed by atoms with Gasteiger partial charge in [0.1, 0.15) is 0 Å². The number of Topliss-reactive ketones (excluding diaryl/α,β-unsaturated/α-hetero) is 1. The van der Waals surface area contributed by atoms with Crippen LogP contribution in [-0.2, 0) is 12.8 Å². The Labute approximate surface area is 152 Å². The van der Waals surface area contributed by atoms with E-state index in [2.05, 4.69) is 27.3 Å². The predicted molar refractivity (Wildman–Crippen MR) is 98.1 cm³/mol. The molecule has 5 nitrogen and oxygen atoms in total. The van der Waals surface area contributed by atoms with Crippen molar-refractivity contribution in [1.29, 1.82) is 0 Å². The van der Waals surface area contributed by atoms with Crippen molar-refractivity contribution in [3.63, 3.8) is 0 Å². The molecule has 0 amide bonds. The number of carbonyl (C=O) groups excluding carboxylic acids is 1. The monoisotopic (exact) mass is 347 g/mol. The first-order chi connectivity index (χ1) is 12.6. The molecule has 2 heterocycles. The van der Waals surface area contributed by atoms with Crippen LogP contribution in [0.4, 0.5) is 0 Å². The lowest BCUT2D eigenvalue weighted by atomic mass is 9.92. The Kier molecular flexibility index (Phi) is 4.37. The van der Waals surface area contributed by atoms with Gasteiger partial charge in [-0.2, -0.15) is 4.98 Å². The summed E-state index contributed by atoms with van der Waals surface area (Å²) in [5, 5.41) is 4.05. The van der Waals surface area contributed by atoms with E-state index in [9.17, 15) is 4.79 Å². The Morgan fingerprint density at radius 2 is 2.15 bits per heavy atom. The number of ketones is 1. The number of aromatic nitrogens is 3. The van der Waals surface area contributed by atoms with Gasteiger partial charge in [0.25, 0.3) is 0 Å². The Hall–Kier alpha value is -2.82. The van der Waals surface area contributed by atoms with Crippen molar-refractivity contribution in [3.05, 3.63) is 64.8 Å². The number of benzene rings is 1. The number of hydrogen-bond donors (Lipinski definition) is 0. The second-order valence-electron chi connectivity index (χ2n) is 6.89. The predicted octanol–water partition coefficient (Wildman–Crippen LogP) is 4.31. The molecule has 3 aromatic rings. The average molecular weight is 347 g/mol. The third-order valence-corrected chi connectivity index (χ3v) is 5.00. The van der Waals surface area contributed by atoms with Crippen LogP contribution in [0.2, 0.25) is 0 Å². The summed E-state index contributed by atoms with van der Waals surface area (Å²) in [5.41, 5.74) is 5.24. The third kappa shape index (κ3) is 3.17. The molecule has 0 fully saturated rings. The van der Waals surface area contributed by atoms with Gasteiger partial charge in [0, 0.05) is 36.4 Å². The number of rotatable bonds is 5.